The summed E-state index contributed by atoms with van der Waals surface area (Å²) in [6.07, 6.45) is -1.11. The molecule has 0 aromatic carbocycles. The Labute approximate surface area is 230 Å². The number of nitriles is 3. The fourth-order valence-electron chi connectivity index (χ4n) is 3.03. The first-order chi connectivity index (χ1) is 18.5. The number of aromatic nitrogens is 1. The Balaban J connectivity index is 2.42. The fraction of sp³-hybridized carbons (Fsp3) is 0.346. The van der Waals surface area contributed by atoms with Crippen LogP contribution in [0.15, 0.2) is 34.5 Å². The number of pyridine rings is 1. The van der Waals surface area contributed by atoms with E-state index >= 15 is 0 Å². The van der Waals surface area contributed by atoms with Gasteiger partial charge >= 0.3 is 5.97 Å². The number of hydrogen-bond donors (Lipinski definition) is 3. The van der Waals surface area contributed by atoms with E-state index in [2.05, 4.69) is 45.1 Å². The van der Waals surface area contributed by atoms with Gasteiger partial charge in [0.05, 0.1) is 24.3 Å². The molecule has 1 unspecified atom stereocenters. The lowest BCUT2D eigenvalue weighted by Crippen LogP contribution is -2.19. The number of ether oxygens (including phenoxy) is 2. The third kappa shape index (κ3) is 7.94. The molecule has 2 heterocycles. The van der Waals surface area contributed by atoms with Crippen LogP contribution in [0, 0.1) is 47.8 Å². The molecule has 3 N–H and O–H groups in total. The molecular weight excluding hydrogens is 520 g/mol. The van der Waals surface area contributed by atoms with Crippen LogP contribution in [0.2, 0.25) is 0 Å². The van der Waals surface area contributed by atoms with Gasteiger partial charge < -0.3 is 25.2 Å². The molecule has 13 heteroatoms. The van der Waals surface area contributed by atoms with Crippen molar-refractivity contribution in [3.8, 4) is 18.2 Å². The van der Waals surface area contributed by atoms with Gasteiger partial charge in [0.2, 0.25) is 0 Å². The largest absolute Gasteiger partial charge is 0.460 e. The number of azo groups is 1. The number of esters is 1. The first-order valence-corrected chi connectivity index (χ1v) is 12.4. The Hall–Kier alpha value is -4.61. The van der Waals surface area contributed by atoms with Crippen molar-refractivity contribution in [2.45, 2.75) is 34.0 Å². The van der Waals surface area contributed by atoms with E-state index in [0.29, 0.717) is 21.6 Å². The van der Waals surface area contributed by atoms with E-state index in [4.69, 9.17) is 9.47 Å². The molecule has 39 heavy (non-hydrogen) atoms. The SMILES string of the molecule is C=C(C)C(=O)OCCNc1nc(NCCOC(O)C(=C)C)c(C#N)c(C)c1N=Nc1sc(C#N)c(C)c1C#N. The Morgan fingerprint density at radius 2 is 1.67 bits per heavy atom. The van der Waals surface area contributed by atoms with Crippen molar-refractivity contribution in [2.24, 2.45) is 10.2 Å². The molecule has 2 rings (SSSR count). The molecule has 0 spiro atoms. The van der Waals surface area contributed by atoms with Crippen molar-refractivity contribution in [3.05, 3.63) is 51.4 Å². The quantitative estimate of drug-likeness (QED) is 0.0793. The molecule has 0 amide bonds. The van der Waals surface area contributed by atoms with Crippen LogP contribution >= 0.6 is 11.3 Å². The van der Waals surface area contributed by atoms with E-state index < -0.39 is 12.3 Å². The number of nitrogens with zero attached hydrogens (tertiary/aromatic N) is 6. The van der Waals surface area contributed by atoms with Gasteiger partial charge in [-0.1, -0.05) is 13.2 Å². The van der Waals surface area contributed by atoms with Gasteiger partial charge in [-0.2, -0.15) is 15.8 Å². The van der Waals surface area contributed by atoms with Gasteiger partial charge in [-0.25, -0.2) is 9.78 Å². The molecule has 0 bridgehead atoms. The zero-order valence-electron chi connectivity index (χ0n) is 22.1. The molecule has 202 valence electrons. The van der Waals surface area contributed by atoms with E-state index in [1.54, 1.807) is 20.8 Å². The molecule has 0 saturated heterocycles. The van der Waals surface area contributed by atoms with Gasteiger partial charge in [0.25, 0.3) is 0 Å². The van der Waals surface area contributed by atoms with Crippen molar-refractivity contribution >= 4 is 39.6 Å². The molecule has 0 aliphatic heterocycles. The van der Waals surface area contributed by atoms with Gasteiger partial charge in [-0.05, 0) is 38.8 Å². The Bertz CT molecular complexity index is 1430. The minimum atomic E-state index is -1.11. The van der Waals surface area contributed by atoms with Gasteiger partial charge in [-0.3, -0.25) is 0 Å². The smallest absolute Gasteiger partial charge is 0.333 e. The van der Waals surface area contributed by atoms with Gasteiger partial charge in [0, 0.05) is 17.7 Å². The number of carbonyl (C=O) groups is 1. The number of aliphatic hydroxyl groups excluding tert-OH is 1. The number of nitrogens with one attached hydrogen (secondary N) is 2. The highest BCUT2D eigenvalue weighted by Gasteiger charge is 2.19. The minimum Gasteiger partial charge on any atom is -0.460 e. The van der Waals surface area contributed by atoms with Crippen LogP contribution < -0.4 is 10.6 Å². The lowest BCUT2D eigenvalue weighted by molar-refractivity contribution is -0.138. The maximum Gasteiger partial charge on any atom is 0.333 e. The first-order valence-electron chi connectivity index (χ1n) is 11.6. The summed E-state index contributed by atoms with van der Waals surface area (Å²) in [6.45, 7) is 14.2. The van der Waals surface area contributed by atoms with Crippen LogP contribution in [0.5, 0.6) is 0 Å². The average Bonchev–Trinajstić information content (AvgIpc) is 3.22. The van der Waals surface area contributed by atoms with Crippen molar-refractivity contribution < 1.29 is 19.4 Å². The van der Waals surface area contributed by atoms with Crippen LogP contribution in [0.25, 0.3) is 0 Å². The molecule has 1 atom stereocenters. The number of carbonyl (C=O) groups excluding carboxylic acids is 1. The summed E-state index contributed by atoms with van der Waals surface area (Å²) in [5, 5.41) is 53.2. The van der Waals surface area contributed by atoms with Crippen molar-refractivity contribution in [1.29, 1.82) is 15.8 Å². The van der Waals surface area contributed by atoms with Gasteiger partial charge in [0.1, 0.15) is 41.2 Å². The van der Waals surface area contributed by atoms with Gasteiger partial charge in [0.15, 0.2) is 17.1 Å². The summed E-state index contributed by atoms with van der Waals surface area (Å²) in [5.74, 6) is -0.0649. The minimum absolute atomic E-state index is 0.00658. The second-order valence-corrected chi connectivity index (χ2v) is 9.27. The van der Waals surface area contributed by atoms with E-state index in [-0.39, 0.29) is 65.3 Å². The molecule has 0 aliphatic carbocycles. The predicted octanol–water partition coefficient (Wildman–Crippen LogP) is 4.64. The Kier molecular flexibility index (Phi) is 11.3. The second-order valence-electron chi connectivity index (χ2n) is 8.27. The zero-order valence-corrected chi connectivity index (χ0v) is 22.9. The standard InChI is InChI=1S/C26H28N8O4S/c1-14(2)25(35)37-9-7-30-22-18(11-27)17(6)21(23(32-22)31-8-10-38-26(36)15(3)4)33-34-24-19(12-28)16(5)20(13-29)39-24/h25,35H,1,3,7-10H2,2,4-6H3,(H2,30,31,32). The summed E-state index contributed by atoms with van der Waals surface area (Å²) in [7, 11) is 0. The van der Waals surface area contributed by atoms with Crippen LogP contribution in [-0.4, -0.2) is 48.7 Å². The second kappa shape index (κ2) is 14.4. The van der Waals surface area contributed by atoms with E-state index in [1.807, 2.05) is 12.1 Å². The van der Waals surface area contributed by atoms with Crippen molar-refractivity contribution in [1.82, 2.24) is 4.98 Å². The van der Waals surface area contributed by atoms with E-state index in [0.717, 1.165) is 11.3 Å². The molecule has 0 fully saturated rings. The molecule has 2 aromatic heterocycles. The highest BCUT2D eigenvalue weighted by atomic mass is 32.1. The van der Waals surface area contributed by atoms with Crippen molar-refractivity contribution in [3.63, 3.8) is 0 Å². The number of thiophene rings is 1. The third-order valence-corrected chi connectivity index (χ3v) is 6.26. The summed E-state index contributed by atoms with van der Waals surface area (Å²) in [5.41, 5.74) is 2.34. The summed E-state index contributed by atoms with van der Waals surface area (Å²) < 4.78 is 10.4. The normalized spacial score (nSPS) is 11.2. The number of hydrogen-bond acceptors (Lipinski definition) is 13. The fourth-order valence-corrected chi connectivity index (χ4v) is 3.90. The third-order valence-electron chi connectivity index (χ3n) is 5.18. The van der Waals surface area contributed by atoms with Crippen molar-refractivity contribution in [2.75, 3.05) is 36.9 Å². The average molecular weight is 549 g/mol. The molecular formula is C26H28N8O4S. The van der Waals surface area contributed by atoms with Crippen LogP contribution in [0.1, 0.15) is 41.0 Å². The number of anilines is 2. The highest BCUT2D eigenvalue weighted by molar-refractivity contribution is 7.16. The topological polar surface area (TPSA) is 189 Å². The highest BCUT2D eigenvalue weighted by Crippen LogP contribution is 2.38. The molecule has 0 radical (unpaired) electrons. The van der Waals surface area contributed by atoms with Crippen LogP contribution in [0.4, 0.5) is 22.3 Å². The molecule has 12 nitrogen and oxygen atoms in total. The van der Waals surface area contributed by atoms with Crippen LogP contribution in [-0.2, 0) is 14.3 Å². The van der Waals surface area contributed by atoms with Crippen LogP contribution in [0.3, 0.4) is 0 Å². The zero-order chi connectivity index (χ0) is 29.1. The monoisotopic (exact) mass is 548 g/mol. The van der Waals surface area contributed by atoms with Gasteiger partial charge in [-0.15, -0.1) is 21.6 Å². The maximum absolute atomic E-state index is 11.7. The van der Waals surface area contributed by atoms with E-state index in [9.17, 15) is 25.7 Å². The predicted molar refractivity (Wildman–Crippen MR) is 146 cm³/mol. The summed E-state index contributed by atoms with van der Waals surface area (Å²) in [6, 6.07) is 6.19. The van der Waals surface area contributed by atoms with E-state index in [1.165, 1.54) is 6.92 Å². The Morgan fingerprint density at radius 3 is 2.26 bits per heavy atom. The maximum atomic E-state index is 11.7. The lowest BCUT2D eigenvalue weighted by atomic mass is 10.1. The lowest BCUT2D eigenvalue weighted by Gasteiger charge is -2.16. The number of rotatable bonds is 13. The Morgan fingerprint density at radius 1 is 1.03 bits per heavy atom. The summed E-state index contributed by atoms with van der Waals surface area (Å²) in [4.78, 5) is 16.5. The first kappa shape index (κ1) is 30.6. The molecule has 2 aromatic rings. The summed E-state index contributed by atoms with van der Waals surface area (Å²) >= 11 is 1.03. The molecule has 0 saturated carbocycles. The number of aliphatic hydroxyl groups is 1. The molecule has 0 aliphatic rings.